The van der Waals surface area contributed by atoms with Crippen LogP contribution in [0.3, 0.4) is 0 Å². The topological polar surface area (TPSA) is 131 Å². The van der Waals surface area contributed by atoms with Crippen LogP contribution >= 0.6 is 11.3 Å². The van der Waals surface area contributed by atoms with Crippen LogP contribution in [0.15, 0.2) is 0 Å². The number of carboxylic acids is 1. The molecule has 0 aliphatic carbocycles. The predicted molar refractivity (Wildman–Crippen MR) is 69.5 cm³/mol. The second-order valence-electron chi connectivity index (χ2n) is 3.73. The minimum Gasteiger partial charge on any atom is -0.480 e. The number of urea groups is 1. The molecule has 110 valence electrons. The van der Waals surface area contributed by atoms with Gasteiger partial charge in [-0.3, -0.25) is 10.1 Å². The minimum absolute atomic E-state index is 0.0649. The molecule has 1 heterocycles. The summed E-state index contributed by atoms with van der Waals surface area (Å²) in [5.74, 6) is -1.78. The molecule has 0 saturated heterocycles. The number of ether oxygens (including phenoxy) is 1. The summed E-state index contributed by atoms with van der Waals surface area (Å²) in [4.78, 5) is 33.5. The van der Waals surface area contributed by atoms with E-state index < -0.39 is 24.0 Å². The molecule has 1 rings (SSSR count). The SMILES string of the molecule is COC(=O)CC[C@H](NC(=O)Nc1nnc(C)s1)C(=O)O. The van der Waals surface area contributed by atoms with E-state index in [-0.39, 0.29) is 18.0 Å². The Morgan fingerprint density at radius 2 is 2.10 bits per heavy atom. The molecule has 1 aromatic heterocycles. The van der Waals surface area contributed by atoms with Crippen molar-refractivity contribution < 1.29 is 24.2 Å². The fourth-order valence-electron chi connectivity index (χ4n) is 1.26. The van der Waals surface area contributed by atoms with E-state index in [9.17, 15) is 14.4 Å². The van der Waals surface area contributed by atoms with E-state index in [2.05, 4.69) is 25.6 Å². The smallest absolute Gasteiger partial charge is 0.326 e. The highest BCUT2D eigenvalue weighted by Crippen LogP contribution is 2.13. The number of esters is 1. The zero-order valence-corrected chi connectivity index (χ0v) is 11.7. The van der Waals surface area contributed by atoms with Gasteiger partial charge in [0.05, 0.1) is 7.11 Å². The second kappa shape index (κ2) is 7.38. The number of carbonyl (C=O) groups is 3. The van der Waals surface area contributed by atoms with Gasteiger partial charge in [-0.2, -0.15) is 0 Å². The van der Waals surface area contributed by atoms with Crippen LogP contribution in [0.5, 0.6) is 0 Å². The van der Waals surface area contributed by atoms with Crippen molar-refractivity contribution in [1.82, 2.24) is 15.5 Å². The number of aliphatic carboxylic acids is 1. The Labute approximate surface area is 118 Å². The Bertz CT molecular complexity index is 504. The van der Waals surface area contributed by atoms with E-state index in [4.69, 9.17) is 5.11 Å². The number of amides is 2. The first kappa shape index (κ1) is 15.8. The molecule has 0 aromatic carbocycles. The van der Waals surface area contributed by atoms with E-state index in [0.29, 0.717) is 5.01 Å². The number of aromatic nitrogens is 2. The number of rotatable bonds is 6. The molecule has 0 aliphatic heterocycles. The summed E-state index contributed by atoms with van der Waals surface area (Å²) in [7, 11) is 1.20. The van der Waals surface area contributed by atoms with Crippen LogP contribution < -0.4 is 10.6 Å². The molecule has 0 fully saturated rings. The van der Waals surface area contributed by atoms with Crippen LogP contribution in [0.1, 0.15) is 17.8 Å². The van der Waals surface area contributed by atoms with Gasteiger partial charge >= 0.3 is 18.0 Å². The lowest BCUT2D eigenvalue weighted by Crippen LogP contribution is -2.43. The molecule has 0 aliphatic rings. The fourth-order valence-corrected chi connectivity index (χ4v) is 1.85. The number of carbonyl (C=O) groups excluding carboxylic acids is 2. The molecular formula is C10H14N4O5S. The molecule has 1 atom stereocenters. The van der Waals surface area contributed by atoms with Gasteiger partial charge in [0.1, 0.15) is 11.0 Å². The molecule has 20 heavy (non-hydrogen) atoms. The highest BCUT2D eigenvalue weighted by molar-refractivity contribution is 7.15. The van der Waals surface area contributed by atoms with Crippen molar-refractivity contribution in [3.8, 4) is 0 Å². The van der Waals surface area contributed by atoms with Gasteiger partial charge in [-0.1, -0.05) is 11.3 Å². The number of carboxylic acid groups (broad SMARTS) is 1. The number of anilines is 1. The van der Waals surface area contributed by atoms with Gasteiger partial charge < -0.3 is 15.2 Å². The first-order chi connectivity index (χ1) is 9.42. The second-order valence-corrected chi connectivity index (χ2v) is 4.91. The van der Waals surface area contributed by atoms with Gasteiger partial charge in [0.2, 0.25) is 5.13 Å². The fraction of sp³-hybridized carbons (Fsp3) is 0.500. The lowest BCUT2D eigenvalue weighted by atomic mass is 10.1. The number of aryl methyl sites for hydroxylation is 1. The Hall–Kier alpha value is -2.23. The van der Waals surface area contributed by atoms with Crippen LogP contribution in [-0.2, 0) is 14.3 Å². The predicted octanol–water partition coefficient (Wildman–Crippen LogP) is 0.374. The van der Waals surface area contributed by atoms with Crippen molar-refractivity contribution in [3.63, 3.8) is 0 Å². The van der Waals surface area contributed by atoms with Crippen molar-refractivity contribution in [2.45, 2.75) is 25.8 Å². The largest absolute Gasteiger partial charge is 0.480 e. The average Bonchev–Trinajstić information content (AvgIpc) is 2.78. The van der Waals surface area contributed by atoms with Gasteiger partial charge in [0, 0.05) is 6.42 Å². The molecule has 0 bridgehead atoms. The van der Waals surface area contributed by atoms with E-state index >= 15 is 0 Å². The maximum atomic E-state index is 11.6. The highest BCUT2D eigenvalue weighted by atomic mass is 32.1. The number of nitrogens with one attached hydrogen (secondary N) is 2. The molecule has 0 radical (unpaired) electrons. The maximum absolute atomic E-state index is 11.6. The standard InChI is InChI=1S/C10H14N4O5S/c1-5-13-14-10(20-5)12-9(18)11-6(8(16)17)3-4-7(15)19-2/h6H,3-4H2,1-2H3,(H,16,17)(H2,11,12,14,18)/t6-/m0/s1. The molecule has 9 nitrogen and oxygen atoms in total. The first-order valence-electron chi connectivity index (χ1n) is 5.59. The summed E-state index contributed by atoms with van der Waals surface area (Å²) >= 11 is 1.16. The summed E-state index contributed by atoms with van der Waals surface area (Å²) in [5.41, 5.74) is 0. The van der Waals surface area contributed by atoms with Gasteiger partial charge in [-0.25, -0.2) is 9.59 Å². The van der Waals surface area contributed by atoms with Crippen molar-refractivity contribution in [3.05, 3.63) is 5.01 Å². The van der Waals surface area contributed by atoms with Crippen molar-refractivity contribution in [2.75, 3.05) is 12.4 Å². The molecule has 3 N–H and O–H groups in total. The third kappa shape index (κ3) is 5.18. The lowest BCUT2D eigenvalue weighted by molar-refractivity contribution is -0.142. The molecule has 0 saturated carbocycles. The van der Waals surface area contributed by atoms with Gasteiger partial charge in [-0.15, -0.1) is 10.2 Å². The summed E-state index contributed by atoms with van der Waals surface area (Å²) in [5, 5.41) is 21.9. The monoisotopic (exact) mass is 302 g/mol. The van der Waals surface area contributed by atoms with E-state index in [1.165, 1.54) is 7.11 Å². The van der Waals surface area contributed by atoms with Crippen LogP contribution in [0.4, 0.5) is 9.93 Å². The number of hydrogen-bond acceptors (Lipinski definition) is 7. The third-order valence-corrected chi connectivity index (χ3v) is 2.97. The first-order valence-corrected chi connectivity index (χ1v) is 6.41. The van der Waals surface area contributed by atoms with E-state index in [1.54, 1.807) is 6.92 Å². The Morgan fingerprint density at radius 1 is 1.40 bits per heavy atom. The lowest BCUT2D eigenvalue weighted by Gasteiger charge is -2.13. The number of methoxy groups -OCH3 is 1. The summed E-state index contributed by atoms with van der Waals surface area (Å²) in [6.45, 7) is 1.72. The average molecular weight is 302 g/mol. The summed E-state index contributed by atoms with van der Waals surface area (Å²) in [6, 6.07) is -1.92. The maximum Gasteiger partial charge on any atom is 0.326 e. The summed E-state index contributed by atoms with van der Waals surface area (Å²) < 4.78 is 4.41. The zero-order valence-electron chi connectivity index (χ0n) is 10.9. The Morgan fingerprint density at radius 3 is 2.60 bits per heavy atom. The van der Waals surface area contributed by atoms with Crippen molar-refractivity contribution in [2.24, 2.45) is 0 Å². The summed E-state index contributed by atoms with van der Waals surface area (Å²) in [6.07, 6.45) is -0.170. The van der Waals surface area contributed by atoms with E-state index in [1.807, 2.05) is 0 Å². The molecule has 0 spiro atoms. The normalized spacial score (nSPS) is 11.5. The molecule has 2 amide bonds. The van der Waals surface area contributed by atoms with E-state index in [0.717, 1.165) is 11.3 Å². The van der Waals surface area contributed by atoms with Crippen LogP contribution in [0.2, 0.25) is 0 Å². The number of nitrogens with zero attached hydrogens (tertiary/aromatic N) is 2. The Balaban J connectivity index is 2.50. The van der Waals surface area contributed by atoms with Crippen molar-refractivity contribution in [1.29, 1.82) is 0 Å². The van der Waals surface area contributed by atoms with Crippen LogP contribution in [0, 0.1) is 6.92 Å². The quantitative estimate of drug-likeness (QED) is 0.647. The molecular weight excluding hydrogens is 288 g/mol. The minimum atomic E-state index is -1.24. The van der Waals surface area contributed by atoms with Gasteiger partial charge in [0.15, 0.2) is 0 Å². The van der Waals surface area contributed by atoms with Crippen LogP contribution in [0.25, 0.3) is 0 Å². The van der Waals surface area contributed by atoms with Crippen LogP contribution in [-0.4, -0.2) is 46.4 Å². The highest BCUT2D eigenvalue weighted by Gasteiger charge is 2.21. The molecule has 0 unspecified atom stereocenters. The molecule has 10 heteroatoms. The number of hydrogen-bond donors (Lipinski definition) is 3. The van der Waals surface area contributed by atoms with Crippen molar-refractivity contribution >= 4 is 34.4 Å². The zero-order chi connectivity index (χ0) is 15.1. The van der Waals surface area contributed by atoms with Gasteiger partial charge in [-0.05, 0) is 13.3 Å². The Kier molecular flexibility index (Phi) is 5.84. The van der Waals surface area contributed by atoms with Gasteiger partial charge in [0.25, 0.3) is 0 Å². The third-order valence-electron chi connectivity index (χ3n) is 2.21. The molecule has 1 aromatic rings.